The van der Waals surface area contributed by atoms with Crippen molar-refractivity contribution in [3.63, 3.8) is 0 Å². The van der Waals surface area contributed by atoms with Crippen LogP contribution in [0.4, 0.5) is 13.2 Å². The van der Waals surface area contributed by atoms with E-state index in [2.05, 4.69) is 4.98 Å². The number of nitrogens with zero attached hydrogens (tertiary/aromatic N) is 1. The zero-order chi connectivity index (χ0) is 12.4. The van der Waals surface area contributed by atoms with Crippen LogP contribution in [-0.4, -0.2) is 23.8 Å². The van der Waals surface area contributed by atoms with Crippen LogP contribution in [0.5, 0.6) is 0 Å². The lowest BCUT2D eigenvalue weighted by Crippen LogP contribution is -2.21. The molecule has 1 heterocycles. The molecule has 16 heavy (non-hydrogen) atoms. The summed E-state index contributed by atoms with van der Waals surface area (Å²) in [5, 5.41) is 8.97. The molecule has 7 heteroatoms. The summed E-state index contributed by atoms with van der Waals surface area (Å²) in [6.07, 6.45) is -3.17. The summed E-state index contributed by atoms with van der Waals surface area (Å²) >= 11 is 0.456. The fraction of sp³-hybridized carbons (Fsp3) is 0.667. The molecule has 0 aromatic carbocycles. The van der Waals surface area contributed by atoms with E-state index in [0.717, 1.165) is 6.20 Å². The topological polar surface area (TPSA) is 42.4 Å². The predicted octanol–water partition coefficient (Wildman–Crippen LogP) is 2.41. The minimum absolute atomic E-state index is 0.192. The Labute approximate surface area is 94.9 Å². The predicted molar refractivity (Wildman–Crippen MR) is 53.2 cm³/mol. The first kappa shape index (κ1) is 13.4. The van der Waals surface area contributed by atoms with E-state index in [1.165, 1.54) is 14.0 Å². The van der Waals surface area contributed by atoms with Crippen LogP contribution in [0.25, 0.3) is 0 Å². The van der Waals surface area contributed by atoms with Gasteiger partial charge in [-0.1, -0.05) is 0 Å². The quantitative estimate of drug-likeness (QED) is 0.898. The van der Waals surface area contributed by atoms with Crippen molar-refractivity contribution in [3.05, 3.63) is 16.1 Å². The van der Waals surface area contributed by atoms with Crippen molar-refractivity contribution in [2.24, 2.45) is 0 Å². The largest absolute Gasteiger partial charge is 0.443 e. The number of methoxy groups -OCH3 is 1. The molecule has 0 fully saturated rings. The minimum atomic E-state index is -4.46. The van der Waals surface area contributed by atoms with Crippen molar-refractivity contribution < 1.29 is 23.0 Å². The molecule has 1 N–H and O–H groups in total. The summed E-state index contributed by atoms with van der Waals surface area (Å²) in [6, 6.07) is 0. The number of rotatable bonds is 4. The van der Waals surface area contributed by atoms with Gasteiger partial charge in [0.05, 0.1) is 10.5 Å². The van der Waals surface area contributed by atoms with Gasteiger partial charge >= 0.3 is 6.18 Å². The van der Waals surface area contributed by atoms with Crippen LogP contribution in [0.2, 0.25) is 0 Å². The standard InChI is InChI=1S/C9H12F3NO2S/c1-8(14,3-4-15-2)6-5-13-7(16-6)9(10,11)12/h5,14H,3-4H2,1-2H3. The van der Waals surface area contributed by atoms with E-state index < -0.39 is 16.8 Å². The van der Waals surface area contributed by atoms with Crippen molar-refractivity contribution in [1.29, 1.82) is 0 Å². The van der Waals surface area contributed by atoms with E-state index in [1.54, 1.807) is 0 Å². The SMILES string of the molecule is COCCC(C)(O)c1cnc(C(F)(F)F)s1. The molecule has 0 aliphatic carbocycles. The first-order valence-corrected chi connectivity index (χ1v) is 5.34. The maximum atomic E-state index is 12.3. The van der Waals surface area contributed by atoms with Gasteiger partial charge in [-0.05, 0) is 6.92 Å². The van der Waals surface area contributed by atoms with Gasteiger partial charge in [0.15, 0.2) is 5.01 Å². The number of halogens is 3. The summed E-state index contributed by atoms with van der Waals surface area (Å²) < 4.78 is 41.6. The summed E-state index contributed by atoms with van der Waals surface area (Å²) in [6.45, 7) is 1.71. The Morgan fingerprint density at radius 1 is 1.50 bits per heavy atom. The van der Waals surface area contributed by atoms with Crippen LogP contribution in [0.3, 0.4) is 0 Å². The third-order valence-corrected chi connectivity index (χ3v) is 3.37. The van der Waals surface area contributed by atoms with Crippen LogP contribution < -0.4 is 0 Å². The molecule has 0 aliphatic rings. The second kappa shape index (κ2) is 4.68. The highest BCUT2D eigenvalue weighted by atomic mass is 32.1. The minimum Gasteiger partial charge on any atom is -0.385 e. The molecule has 1 atom stereocenters. The lowest BCUT2D eigenvalue weighted by Gasteiger charge is -2.20. The van der Waals surface area contributed by atoms with Crippen LogP contribution in [0.15, 0.2) is 6.20 Å². The molecule has 0 saturated carbocycles. The zero-order valence-corrected chi connectivity index (χ0v) is 9.65. The molecular formula is C9H12F3NO2S. The average molecular weight is 255 g/mol. The summed E-state index contributed by atoms with van der Waals surface area (Å²) in [5.41, 5.74) is -1.34. The van der Waals surface area contributed by atoms with Crippen molar-refractivity contribution >= 4 is 11.3 Å². The van der Waals surface area contributed by atoms with Crippen molar-refractivity contribution in [1.82, 2.24) is 4.98 Å². The third kappa shape index (κ3) is 3.16. The van der Waals surface area contributed by atoms with Gasteiger partial charge in [-0.15, -0.1) is 11.3 Å². The lowest BCUT2D eigenvalue weighted by atomic mass is 10.0. The summed E-state index contributed by atoms with van der Waals surface area (Å²) in [4.78, 5) is 3.45. The van der Waals surface area contributed by atoms with Gasteiger partial charge < -0.3 is 9.84 Å². The van der Waals surface area contributed by atoms with Gasteiger partial charge in [-0.25, -0.2) is 4.98 Å². The first-order valence-electron chi connectivity index (χ1n) is 4.52. The summed E-state index contributed by atoms with van der Waals surface area (Å²) in [7, 11) is 1.46. The Hall–Kier alpha value is -0.660. The molecule has 1 aromatic rings. The van der Waals surface area contributed by atoms with Gasteiger partial charge in [-0.2, -0.15) is 13.2 Å². The highest BCUT2D eigenvalue weighted by molar-refractivity contribution is 7.11. The molecule has 92 valence electrons. The van der Waals surface area contributed by atoms with Crippen molar-refractivity contribution in [2.45, 2.75) is 25.1 Å². The Balaban J connectivity index is 2.84. The number of hydrogen-bond donors (Lipinski definition) is 1. The molecule has 3 nitrogen and oxygen atoms in total. The number of aromatic nitrogens is 1. The van der Waals surface area contributed by atoms with Crippen LogP contribution in [-0.2, 0) is 16.5 Å². The van der Waals surface area contributed by atoms with Crippen LogP contribution >= 0.6 is 11.3 Å². The second-order valence-electron chi connectivity index (χ2n) is 3.54. The molecule has 0 spiro atoms. The number of thiazole rings is 1. The third-order valence-electron chi connectivity index (χ3n) is 2.07. The Kier molecular flexibility index (Phi) is 3.92. The number of hydrogen-bond acceptors (Lipinski definition) is 4. The zero-order valence-electron chi connectivity index (χ0n) is 8.84. The normalized spacial score (nSPS) is 16.1. The van der Waals surface area contributed by atoms with Gasteiger partial charge in [0.2, 0.25) is 0 Å². The van der Waals surface area contributed by atoms with E-state index in [0.29, 0.717) is 11.3 Å². The molecule has 1 unspecified atom stereocenters. The van der Waals surface area contributed by atoms with Gasteiger partial charge in [0.25, 0.3) is 0 Å². The highest BCUT2D eigenvalue weighted by Crippen LogP contribution is 2.37. The molecule has 0 saturated heterocycles. The van der Waals surface area contributed by atoms with E-state index in [1.807, 2.05) is 0 Å². The highest BCUT2D eigenvalue weighted by Gasteiger charge is 2.37. The van der Waals surface area contributed by atoms with E-state index in [9.17, 15) is 18.3 Å². The van der Waals surface area contributed by atoms with Crippen LogP contribution in [0.1, 0.15) is 23.2 Å². The van der Waals surface area contributed by atoms with Gasteiger partial charge in [0.1, 0.15) is 0 Å². The van der Waals surface area contributed by atoms with Gasteiger partial charge in [0, 0.05) is 26.3 Å². The second-order valence-corrected chi connectivity index (χ2v) is 4.57. The van der Waals surface area contributed by atoms with Crippen molar-refractivity contribution in [2.75, 3.05) is 13.7 Å². The summed E-state index contributed by atoms with van der Waals surface area (Å²) in [5.74, 6) is 0. The maximum absolute atomic E-state index is 12.3. The van der Waals surface area contributed by atoms with Crippen molar-refractivity contribution in [3.8, 4) is 0 Å². The molecular weight excluding hydrogens is 243 g/mol. The Bertz CT molecular complexity index is 349. The fourth-order valence-electron chi connectivity index (χ4n) is 1.08. The number of alkyl halides is 3. The van der Waals surface area contributed by atoms with E-state index in [-0.39, 0.29) is 17.9 Å². The maximum Gasteiger partial charge on any atom is 0.443 e. The monoisotopic (exact) mass is 255 g/mol. The molecule has 0 radical (unpaired) electrons. The molecule has 1 rings (SSSR count). The number of aliphatic hydroxyl groups is 1. The number of ether oxygens (including phenoxy) is 1. The van der Waals surface area contributed by atoms with Crippen LogP contribution in [0, 0.1) is 0 Å². The smallest absolute Gasteiger partial charge is 0.385 e. The van der Waals surface area contributed by atoms with E-state index >= 15 is 0 Å². The average Bonchev–Trinajstić information content (AvgIpc) is 2.63. The molecule has 0 amide bonds. The fourth-order valence-corrected chi connectivity index (χ4v) is 1.93. The first-order chi connectivity index (χ1) is 7.27. The molecule has 0 aliphatic heterocycles. The Morgan fingerprint density at radius 3 is 2.56 bits per heavy atom. The molecule has 1 aromatic heterocycles. The van der Waals surface area contributed by atoms with Gasteiger partial charge in [-0.3, -0.25) is 0 Å². The lowest BCUT2D eigenvalue weighted by molar-refractivity contribution is -0.137. The molecule has 0 bridgehead atoms. The van der Waals surface area contributed by atoms with E-state index in [4.69, 9.17) is 4.74 Å². The Morgan fingerprint density at radius 2 is 2.12 bits per heavy atom.